The molecule has 4 aromatic rings. The maximum atomic E-state index is 11.2. The number of ether oxygens (including phenoxy) is 1. The van der Waals surface area contributed by atoms with E-state index >= 15 is 0 Å². The molecule has 0 saturated heterocycles. The fourth-order valence-electron chi connectivity index (χ4n) is 3.26. The lowest BCUT2D eigenvalue weighted by Crippen LogP contribution is -1.98. The Labute approximate surface area is 182 Å². The van der Waals surface area contributed by atoms with Crippen molar-refractivity contribution < 1.29 is 9.66 Å². The Morgan fingerprint density at radius 1 is 1.00 bits per heavy atom. The van der Waals surface area contributed by atoms with Crippen molar-refractivity contribution in [3.63, 3.8) is 0 Å². The zero-order chi connectivity index (χ0) is 20.8. The summed E-state index contributed by atoms with van der Waals surface area (Å²) in [5.74, 6) is 0.782. The SMILES string of the molecule is CCOc1ccc2nc3cc([N+](=O)[O-])ccc3c(Cc3ccncc3)c2c1.CI. The van der Waals surface area contributed by atoms with E-state index in [2.05, 4.69) is 32.6 Å². The van der Waals surface area contributed by atoms with Crippen molar-refractivity contribution in [2.24, 2.45) is 0 Å². The summed E-state index contributed by atoms with van der Waals surface area (Å²) in [6.45, 7) is 2.53. The first-order chi connectivity index (χ1) is 14.2. The van der Waals surface area contributed by atoms with Crippen molar-refractivity contribution in [3.05, 3.63) is 82.2 Å². The highest BCUT2D eigenvalue weighted by Crippen LogP contribution is 2.32. The van der Waals surface area contributed by atoms with Crippen LogP contribution in [0.25, 0.3) is 21.8 Å². The van der Waals surface area contributed by atoms with Crippen molar-refractivity contribution in [2.45, 2.75) is 13.3 Å². The molecule has 0 spiro atoms. The number of fused-ring (bicyclic) bond motifs is 2. The lowest BCUT2D eigenvalue weighted by molar-refractivity contribution is -0.384. The van der Waals surface area contributed by atoms with Crippen LogP contribution in [-0.4, -0.2) is 26.4 Å². The van der Waals surface area contributed by atoms with E-state index in [-0.39, 0.29) is 5.69 Å². The third-order valence-corrected chi connectivity index (χ3v) is 4.49. The van der Waals surface area contributed by atoms with Gasteiger partial charge in [-0.15, -0.1) is 0 Å². The van der Waals surface area contributed by atoms with Crippen LogP contribution in [0.2, 0.25) is 0 Å². The van der Waals surface area contributed by atoms with Gasteiger partial charge in [0.15, 0.2) is 0 Å². The van der Waals surface area contributed by atoms with Crippen LogP contribution in [0.1, 0.15) is 18.1 Å². The number of nitrogens with zero attached hydrogens (tertiary/aromatic N) is 3. The number of pyridine rings is 2. The van der Waals surface area contributed by atoms with Gasteiger partial charge < -0.3 is 4.74 Å². The highest BCUT2D eigenvalue weighted by atomic mass is 127. The maximum Gasteiger partial charge on any atom is 0.271 e. The zero-order valence-electron chi connectivity index (χ0n) is 16.1. The normalized spacial score (nSPS) is 10.4. The van der Waals surface area contributed by atoms with Crippen LogP contribution >= 0.6 is 22.6 Å². The molecule has 0 fully saturated rings. The number of non-ortho nitro benzene ring substituents is 1. The summed E-state index contributed by atoms with van der Waals surface area (Å²) in [5, 5.41) is 13.0. The molecule has 0 N–H and O–H groups in total. The van der Waals surface area contributed by atoms with E-state index in [1.54, 1.807) is 18.5 Å². The molecule has 0 saturated carbocycles. The first-order valence-corrected chi connectivity index (χ1v) is 11.2. The van der Waals surface area contributed by atoms with Crippen LogP contribution in [-0.2, 0) is 6.42 Å². The summed E-state index contributed by atoms with van der Waals surface area (Å²) in [4.78, 5) is 21.5. The molecule has 0 amide bonds. The lowest BCUT2D eigenvalue weighted by Gasteiger charge is -2.12. The first kappa shape index (κ1) is 20.9. The summed E-state index contributed by atoms with van der Waals surface area (Å²) >= 11 is 2.15. The molecule has 2 heterocycles. The third kappa shape index (κ3) is 4.61. The topological polar surface area (TPSA) is 78.2 Å². The molecule has 0 aliphatic rings. The van der Waals surface area contributed by atoms with Crippen LogP contribution < -0.4 is 4.74 Å². The second-order valence-corrected chi connectivity index (χ2v) is 6.19. The molecule has 0 aliphatic carbocycles. The quantitative estimate of drug-likeness (QED) is 0.115. The average Bonchev–Trinajstić information content (AvgIpc) is 2.76. The zero-order valence-corrected chi connectivity index (χ0v) is 18.3. The van der Waals surface area contributed by atoms with E-state index in [0.717, 1.165) is 33.2 Å². The van der Waals surface area contributed by atoms with E-state index in [9.17, 15) is 10.1 Å². The van der Waals surface area contributed by atoms with Gasteiger partial charge in [0, 0.05) is 35.3 Å². The number of alkyl halides is 1. The second-order valence-electron chi connectivity index (χ2n) is 6.19. The number of halogens is 1. The predicted molar refractivity (Wildman–Crippen MR) is 124 cm³/mol. The highest BCUT2D eigenvalue weighted by molar-refractivity contribution is 14.1. The molecule has 0 unspecified atom stereocenters. The van der Waals surface area contributed by atoms with Gasteiger partial charge >= 0.3 is 0 Å². The molecule has 0 radical (unpaired) electrons. The van der Waals surface area contributed by atoms with Gasteiger partial charge in [0.05, 0.1) is 22.6 Å². The summed E-state index contributed by atoms with van der Waals surface area (Å²) < 4.78 is 5.65. The van der Waals surface area contributed by atoms with Gasteiger partial charge in [-0.05, 0) is 65.8 Å². The van der Waals surface area contributed by atoms with Gasteiger partial charge in [-0.2, -0.15) is 0 Å². The van der Waals surface area contributed by atoms with Gasteiger partial charge in [-0.25, -0.2) is 4.98 Å². The number of rotatable bonds is 5. The minimum atomic E-state index is -0.397. The number of nitro groups is 1. The van der Waals surface area contributed by atoms with E-state index in [1.807, 2.05) is 42.2 Å². The molecular weight excluding hydrogens is 481 g/mol. The number of hydrogen-bond acceptors (Lipinski definition) is 5. The minimum absolute atomic E-state index is 0.0372. The molecule has 7 heteroatoms. The van der Waals surface area contributed by atoms with Gasteiger partial charge in [0.2, 0.25) is 0 Å². The fraction of sp³-hybridized carbons (Fsp3) is 0.182. The van der Waals surface area contributed by atoms with Crippen molar-refractivity contribution in [2.75, 3.05) is 11.5 Å². The van der Waals surface area contributed by atoms with Gasteiger partial charge in [-0.3, -0.25) is 15.1 Å². The Kier molecular flexibility index (Phi) is 6.92. The second kappa shape index (κ2) is 9.60. The molecule has 0 atom stereocenters. The number of hydrogen-bond donors (Lipinski definition) is 0. The van der Waals surface area contributed by atoms with E-state index in [0.29, 0.717) is 18.5 Å². The molecular formula is C22H20IN3O3. The predicted octanol–water partition coefficient (Wildman–Crippen LogP) is 5.73. The largest absolute Gasteiger partial charge is 0.494 e. The van der Waals surface area contributed by atoms with Gasteiger partial charge in [-0.1, -0.05) is 22.6 Å². The molecule has 0 aliphatic heterocycles. The van der Waals surface area contributed by atoms with Crippen LogP contribution in [0.15, 0.2) is 60.9 Å². The summed E-state index contributed by atoms with van der Waals surface area (Å²) in [5.41, 5.74) is 3.62. The molecule has 0 bridgehead atoms. The van der Waals surface area contributed by atoms with E-state index < -0.39 is 4.92 Å². The number of benzene rings is 2. The Balaban J connectivity index is 0.00000117. The molecule has 6 nitrogen and oxygen atoms in total. The van der Waals surface area contributed by atoms with Crippen molar-refractivity contribution >= 4 is 50.1 Å². The lowest BCUT2D eigenvalue weighted by atomic mass is 9.96. The molecule has 4 rings (SSSR count). The first-order valence-electron chi connectivity index (χ1n) is 9.06. The standard InChI is InChI=1S/C21H17N3O3.CH3I/c1-2-27-16-4-6-20-19(13-16)18(11-14-7-9-22-10-8-14)17-5-3-15(24(25)26)12-21(17)23-20;1-2/h3-10,12-13H,2,11H2,1H3;1H3. The summed E-state index contributed by atoms with van der Waals surface area (Å²) in [7, 11) is 0. The third-order valence-electron chi connectivity index (χ3n) is 4.49. The number of aromatic nitrogens is 2. The Morgan fingerprint density at radius 2 is 1.76 bits per heavy atom. The molecule has 2 aromatic carbocycles. The van der Waals surface area contributed by atoms with Crippen molar-refractivity contribution in [1.29, 1.82) is 0 Å². The molecule has 148 valence electrons. The van der Waals surface area contributed by atoms with Gasteiger partial charge in [0.1, 0.15) is 5.75 Å². The van der Waals surface area contributed by atoms with Crippen LogP contribution in [0.5, 0.6) is 5.75 Å². The Morgan fingerprint density at radius 3 is 2.45 bits per heavy atom. The van der Waals surface area contributed by atoms with Crippen molar-refractivity contribution in [3.8, 4) is 5.75 Å². The Hall–Kier alpha value is -2.81. The summed E-state index contributed by atoms with van der Waals surface area (Å²) in [6, 6.07) is 14.5. The molecule has 2 aromatic heterocycles. The monoisotopic (exact) mass is 501 g/mol. The highest BCUT2D eigenvalue weighted by Gasteiger charge is 2.14. The van der Waals surface area contributed by atoms with Crippen LogP contribution in [0, 0.1) is 10.1 Å². The fourth-order valence-corrected chi connectivity index (χ4v) is 3.26. The summed E-state index contributed by atoms with van der Waals surface area (Å²) in [6.07, 6.45) is 4.19. The van der Waals surface area contributed by atoms with Gasteiger partial charge in [0.25, 0.3) is 5.69 Å². The van der Waals surface area contributed by atoms with Crippen LogP contribution in [0.4, 0.5) is 5.69 Å². The maximum absolute atomic E-state index is 11.2. The van der Waals surface area contributed by atoms with Crippen LogP contribution in [0.3, 0.4) is 0 Å². The van der Waals surface area contributed by atoms with E-state index in [1.165, 1.54) is 12.1 Å². The average molecular weight is 501 g/mol. The Bertz CT molecular complexity index is 1150. The van der Waals surface area contributed by atoms with Crippen molar-refractivity contribution in [1.82, 2.24) is 9.97 Å². The minimum Gasteiger partial charge on any atom is -0.494 e. The molecule has 29 heavy (non-hydrogen) atoms. The van der Waals surface area contributed by atoms with E-state index in [4.69, 9.17) is 4.74 Å². The smallest absolute Gasteiger partial charge is 0.271 e. The number of nitro benzene ring substituents is 1.